The maximum absolute atomic E-state index is 13.1. The number of carbonyl (C=O) groups excluding carboxylic acids is 1. The summed E-state index contributed by atoms with van der Waals surface area (Å²) in [6.45, 7) is 0. The molecule has 6 heteroatoms. The Kier molecular flexibility index (Phi) is 4.87. The smallest absolute Gasteiger partial charge is 0.310 e. The summed E-state index contributed by atoms with van der Waals surface area (Å²) in [6, 6.07) is 15.5. The number of benzene rings is 2. The van der Waals surface area contributed by atoms with Gasteiger partial charge in [0, 0.05) is 17.0 Å². The van der Waals surface area contributed by atoms with E-state index in [9.17, 15) is 22.5 Å². The van der Waals surface area contributed by atoms with Crippen LogP contribution in [0.1, 0.15) is 16.8 Å². The van der Waals surface area contributed by atoms with E-state index < -0.39 is 31.4 Å². The van der Waals surface area contributed by atoms with E-state index in [0.29, 0.717) is 0 Å². The third-order valence-corrected chi connectivity index (χ3v) is 6.13. The van der Waals surface area contributed by atoms with Crippen molar-refractivity contribution >= 4 is 18.0 Å². The second-order valence-corrected chi connectivity index (χ2v) is 7.68. The lowest BCUT2D eigenvalue weighted by atomic mass is 10.2. The van der Waals surface area contributed by atoms with E-state index in [-0.39, 0.29) is 10.9 Å². The molecular formula is C16H14F3O2P. The molecule has 0 aliphatic heterocycles. The van der Waals surface area contributed by atoms with Crippen molar-refractivity contribution in [2.75, 3.05) is 6.16 Å². The second-order valence-electron chi connectivity index (χ2n) is 4.84. The van der Waals surface area contributed by atoms with Gasteiger partial charge in [-0.15, -0.1) is 0 Å². The van der Waals surface area contributed by atoms with Gasteiger partial charge >= 0.3 is 6.18 Å². The molecule has 2 nitrogen and oxygen atoms in total. The quantitative estimate of drug-likeness (QED) is 0.760. The van der Waals surface area contributed by atoms with Crippen LogP contribution in [-0.2, 0) is 4.57 Å². The Hall–Kier alpha value is -1.87. The highest BCUT2D eigenvalue weighted by atomic mass is 31.2. The Morgan fingerprint density at radius 2 is 1.41 bits per heavy atom. The zero-order valence-corrected chi connectivity index (χ0v) is 12.5. The third kappa shape index (κ3) is 3.86. The maximum Gasteiger partial charge on any atom is 0.389 e. The van der Waals surface area contributed by atoms with Crippen molar-refractivity contribution in [3.63, 3.8) is 0 Å². The summed E-state index contributed by atoms with van der Waals surface area (Å²) in [4.78, 5) is 12.6. The first-order valence-corrected chi connectivity index (χ1v) is 8.53. The van der Waals surface area contributed by atoms with Crippen molar-refractivity contribution in [1.82, 2.24) is 0 Å². The molecule has 0 aliphatic carbocycles. The van der Waals surface area contributed by atoms with Crippen molar-refractivity contribution < 1.29 is 22.5 Å². The zero-order valence-electron chi connectivity index (χ0n) is 11.6. The third-order valence-electron chi connectivity index (χ3n) is 3.23. The SMILES string of the molecule is O=C(c1ccccc1)P(=O)(CCC(F)(F)F)c1ccccc1. The first-order valence-electron chi connectivity index (χ1n) is 6.64. The fourth-order valence-corrected chi connectivity index (χ4v) is 4.57. The highest BCUT2D eigenvalue weighted by Gasteiger charge is 2.39. The van der Waals surface area contributed by atoms with Crippen LogP contribution in [0, 0.1) is 0 Å². The lowest BCUT2D eigenvalue weighted by Crippen LogP contribution is -2.20. The Balaban J connectivity index is 2.42. The molecule has 0 bridgehead atoms. The molecule has 1 unspecified atom stereocenters. The highest BCUT2D eigenvalue weighted by Crippen LogP contribution is 2.49. The molecular weight excluding hydrogens is 312 g/mol. The minimum absolute atomic E-state index is 0.160. The number of hydrogen-bond acceptors (Lipinski definition) is 2. The fraction of sp³-hybridized carbons (Fsp3) is 0.188. The molecule has 2 aromatic rings. The normalized spacial score (nSPS) is 14.3. The van der Waals surface area contributed by atoms with Crippen molar-refractivity contribution in [2.24, 2.45) is 0 Å². The van der Waals surface area contributed by atoms with Crippen LogP contribution < -0.4 is 5.30 Å². The fourth-order valence-electron chi connectivity index (χ4n) is 2.09. The van der Waals surface area contributed by atoms with Gasteiger partial charge in [0.25, 0.3) is 0 Å². The van der Waals surface area contributed by atoms with Gasteiger partial charge in [-0.25, -0.2) is 0 Å². The van der Waals surface area contributed by atoms with E-state index in [4.69, 9.17) is 0 Å². The van der Waals surface area contributed by atoms with E-state index in [2.05, 4.69) is 0 Å². The Morgan fingerprint density at radius 1 is 0.909 bits per heavy atom. The van der Waals surface area contributed by atoms with E-state index >= 15 is 0 Å². The molecule has 0 N–H and O–H groups in total. The van der Waals surface area contributed by atoms with Crippen molar-refractivity contribution in [2.45, 2.75) is 12.6 Å². The molecule has 0 fully saturated rings. The number of carbonyl (C=O) groups is 1. The van der Waals surface area contributed by atoms with Crippen LogP contribution >= 0.6 is 7.14 Å². The minimum Gasteiger partial charge on any atom is -0.310 e. The molecule has 0 aromatic heterocycles. The Labute approximate surface area is 126 Å². The van der Waals surface area contributed by atoms with Crippen LogP contribution in [0.2, 0.25) is 0 Å². The number of rotatable bonds is 5. The largest absolute Gasteiger partial charge is 0.389 e. The number of hydrogen-bond donors (Lipinski definition) is 0. The first-order chi connectivity index (χ1) is 10.3. The summed E-state index contributed by atoms with van der Waals surface area (Å²) in [7, 11) is -3.84. The average Bonchev–Trinajstić information content (AvgIpc) is 2.53. The first kappa shape index (κ1) is 16.5. The van der Waals surface area contributed by atoms with Gasteiger partial charge in [-0.2, -0.15) is 13.2 Å². The molecule has 0 amide bonds. The van der Waals surface area contributed by atoms with E-state index in [1.54, 1.807) is 36.4 Å². The summed E-state index contributed by atoms with van der Waals surface area (Å²) < 4.78 is 50.7. The lowest BCUT2D eigenvalue weighted by Gasteiger charge is -2.18. The standard InChI is InChI=1S/C16H14F3O2P/c17-16(18,19)11-12-22(21,14-9-5-2-6-10-14)15(20)13-7-3-1-4-8-13/h1-10H,11-12H2. The summed E-state index contributed by atoms with van der Waals surface area (Å²) >= 11 is 0. The van der Waals surface area contributed by atoms with Crippen molar-refractivity contribution in [3.8, 4) is 0 Å². The van der Waals surface area contributed by atoms with Crippen LogP contribution in [0.25, 0.3) is 0 Å². The van der Waals surface area contributed by atoms with Crippen LogP contribution in [0.3, 0.4) is 0 Å². The van der Waals surface area contributed by atoms with E-state index in [1.165, 1.54) is 24.3 Å². The summed E-state index contributed by atoms with van der Waals surface area (Å²) in [5.74, 6) is 0. The van der Waals surface area contributed by atoms with Gasteiger partial charge in [0.1, 0.15) is 0 Å². The molecule has 1 atom stereocenters. The second kappa shape index (κ2) is 6.49. The van der Waals surface area contributed by atoms with E-state index in [1.807, 2.05) is 0 Å². The van der Waals surface area contributed by atoms with E-state index in [0.717, 1.165) is 0 Å². The van der Waals surface area contributed by atoms with Crippen LogP contribution in [0.15, 0.2) is 60.7 Å². The topological polar surface area (TPSA) is 34.1 Å². The van der Waals surface area contributed by atoms with Gasteiger partial charge in [-0.1, -0.05) is 60.7 Å². The van der Waals surface area contributed by atoms with Gasteiger partial charge in [0.2, 0.25) is 5.52 Å². The molecule has 2 rings (SSSR count). The summed E-state index contributed by atoms with van der Waals surface area (Å²) in [5, 5.41) is 0.160. The predicted molar refractivity (Wildman–Crippen MR) is 80.0 cm³/mol. The minimum atomic E-state index is -4.46. The number of alkyl halides is 3. The van der Waals surface area contributed by atoms with Crippen LogP contribution in [0.5, 0.6) is 0 Å². The molecule has 2 aromatic carbocycles. The molecule has 116 valence electrons. The monoisotopic (exact) mass is 326 g/mol. The van der Waals surface area contributed by atoms with Gasteiger partial charge < -0.3 is 4.57 Å². The molecule has 0 saturated heterocycles. The summed E-state index contributed by atoms with van der Waals surface area (Å²) in [5.41, 5.74) is -0.569. The van der Waals surface area contributed by atoms with Crippen LogP contribution in [0.4, 0.5) is 13.2 Å². The lowest BCUT2D eigenvalue weighted by molar-refractivity contribution is -0.129. The number of halogens is 3. The zero-order chi connectivity index (χ0) is 16.2. The molecule has 0 aliphatic rings. The molecule has 0 radical (unpaired) electrons. The van der Waals surface area contributed by atoms with Crippen molar-refractivity contribution in [3.05, 3.63) is 66.2 Å². The highest BCUT2D eigenvalue weighted by molar-refractivity contribution is 7.87. The van der Waals surface area contributed by atoms with Gasteiger partial charge in [0.15, 0.2) is 7.14 Å². The molecule has 0 saturated carbocycles. The Bertz CT molecular complexity index is 682. The summed E-state index contributed by atoms with van der Waals surface area (Å²) in [6.07, 6.45) is -6.42. The Morgan fingerprint density at radius 3 is 1.91 bits per heavy atom. The molecule has 0 heterocycles. The van der Waals surface area contributed by atoms with Crippen LogP contribution in [-0.4, -0.2) is 17.9 Å². The van der Waals surface area contributed by atoms with Gasteiger partial charge in [-0.3, -0.25) is 4.79 Å². The molecule has 22 heavy (non-hydrogen) atoms. The average molecular weight is 326 g/mol. The van der Waals surface area contributed by atoms with Crippen molar-refractivity contribution in [1.29, 1.82) is 0 Å². The maximum atomic E-state index is 13.1. The van der Waals surface area contributed by atoms with Gasteiger partial charge in [-0.05, 0) is 0 Å². The predicted octanol–water partition coefficient (Wildman–Crippen LogP) is 4.47. The van der Waals surface area contributed by atoms with Gasteiger partial charge in [0.05, 0.1) is 6.42 Å². The molecule has 0 spiro atoms.